The van der Waals surface area contributed by atoms with Gasteiger partial charge in [-0.3, -0.25) is 4.90 Å². The van der Waals surface area contributed by atoms with Crippen LogP contribution in [-0.4, -0.2) is 24.0 Å². The van der Waals surface area contributed by atoms with Crippen molar-refractivity contribution in [1.82, 2.24) is 4.90 Å². The van der Waals surface area contributed by atoms with Crippen LogP contribution in [0.25, 0.3) is 0 Å². The molecule has 1 fully saturated rings. The summed E-state index contributed by atoms with van der Waals surface area (Å²) in [6.07, 6.45) is 6.26. The van der Waals surface area contributed by atoms with Gasteiger partial charge in [-0.2, -0.15) is 29.8 Å². The average Bonchev–Trinajstić information content (AvgIpc) is 2.80. The monoisotopic (exact) mass is 247 g/mol. The molecule has 1 aliphatic carbocycles. The molecule has 1 saturated heterocycles. The molecule has 0 spiro atoms. The molecule has 2 atom stereocenters. The fourth-order valence-electron chi connectivity index (χ4n) is 3.55. The van der Waals surface area contributed by atoms with E-state index in [4.69, 9.17) is 0 Å². The van der Waals surface area contributed by atoms with Crippen LogP contribution in [0.1, 0.15) is 43.7 Å². The summed E-state index contributed by atoms with van der Waals surface area (Å²) in [5.74, 6) is 0.772. The first-order valence-corrected chi connectivity index (χ1v) is 7.12. The van der Waals surface area contributed by atoms with E-state index < -0.39 is 0 Å². The Balaban J connectivity index is 0.00000133. The van der Waals surface area contributed by atoms with Crippen LogP contribution in [-0.2, 0) is 6.42 Å². The Morgan fingerprint density at radius 2 is 2.26 bits per heavy atom. The first-order valence-electron chi connectivity index (χ1n) is 7.12. The fourth-order valence-corrected chi connectivity index (χ4v) is 3.55. The van der Waals surface area contributed by atoms with E-state index in [0.717, 1.165) is 18.5 Å². The number of aryl methyl sites for hydroxylation is 1. The summed E-state index contributed by atoms with van der Waals surface area (Å²) >= 11 is 0. The van der Waals surface area contributed by atoms with Crippen molar-refractivity contribution in [1.29, 1.82) is 0 Å². The molecule has 0 amide bonds. The molecular weight excluding hydrogens is 225 g/mol. The number of benzene rings is 1. The molecule has 2 heteroatoms. The van der Waals surface area contributed by atoms with Crippen molar-refractivity contribution >= 4 is 0 Å². The summed E-state index contributed by atoms with van der Waals surface area (Å²) in [6.45, 7) is 6.79. The number of hydrogen-bond acceptors (Lipinski definition) is 1. The molecule has 0 saturated carbocycles. The van der Waals surface area contributed by atoms with Crippen molar-refractivity contribution in [3.05, 3.63) is 47.0 Å². The van der Waals surface area contributed by atoms with Crippen molar-refractivity contribution < 1.29 is 18.9 Å². The molecule has 0 N–H and O–H groups in total. The third kappa shape index (κ3) is 3.00. The van der Waals surface area contributed by atoms with Crippen molar-refractivity contribution in [2.45, 2.75) is 45.1 Å². The number of nitrogens with zero attached hydrogens (tertiary/aromatic N) is 1. The van der Waals surface area contributed by atoms with E-state index in [9.17, 15) is 0 Å². The maximum absolute atomic E-state index is 3.23. The third-order valence-corrected chi connectivity index (χ3v) is 4.49. The van der Waals surface area contributed by atoms with Crippen LogP contribution in [0.15, 0.2) is 29.8 Å². The summed E-state index contributed by atoms with van der Waals surface area (Å²) in [4.78, 5) is 2.68. The zero-order valence-corrected chi connectivity index (χ0v) is 12.4. The Bertz CT molecular complexity index is 462. The van der Waals surface area contributed by atoms with E-state index >= 15 is 0 Å². The van der Waals surface area contributed by atoms with E-state index in [1.165, 1.54) is 31.4 Å². The van der Waals surface area contributed by atoms with E-state index in [1.54, 1.807) is 11.1 Å². The molecule has 0 bridgehead atoms. The van der Waals surface area contributed by atoms with Crippen LogP contribution in [0.4, 0.5) is 0 Å². The molecule has 1 aromatic carbocycles. The van der Waals surface area contributed by atoms with Gasteiger partial charge in [-0.25, -0.2) is 0 Å². The minimum Gasteiger partial charge on any atom is -0.296 e. The average molecular weight is 247 g/mol. The molecule has 1 aromatic rings. The van der Waals surface area contributed by atoms with E-state index in [0.29, 0.717) is 0 Å². The normalized spacial score (nSPS) is 25.2. The maximum Gasteiger partial charge on any atom is 1.00 e. The Kier molecular flexibility index (Phi) is 4.96. The zero-order valence-electron chi connectivity index (χ0n) is 12.4. The van der Waals surface area contributed by atoms with Crippen LogP contribution in [0.5, 0.6) is 0 Å². The molecule has 2 aliphatic rings. The van der Waals surface area contributed by atoms with Crippen molar-refractivity contribution in [2.75, 3.05) is 13.1 Å². The molecule has 1 aliphatic heterocycles. The van der Waals surface area contributed by atoms with Gasteiger partial charge in [-0.1, -0.05) is 18.1 Å². The Morgan fingerprint density at radius 1 is 1.42 bits per heavy atom. The molecule has 96 valence electrons. The fraction of sp³-hybridized carbons (Fsp3) is 0.529. The van der Waals surface area contributed by atoms with Crippen molar-refractivity contribution in [3.8, 4) is 0 Å². The summed E-state index contributed by atoms with van der Waals surface area (Å²) in [6, 6.07) is 10.6. The number of hydrogen-bond donors (Lipinski definition) is 0. The van der Waals surface area contributed by atoms with Gasteiger partial charge in [0.15, 0.2) is 0 Å². The topological polar surface area (TPSA) is 3.24 Å². The maximum atomic E-state index is 3.23. The van der Waals surface area contributed by atoms with Gasteiger partial charge in [0.05, 0.1) is 0 Å². The van der Waals surface area contributed by atoms with Gasteiger partial charge in [-0.05, 0) is 39.2 Å². The Morgan fingerprint density at radius 3 is 3.05 bits per heavy atom. The predicted molar refractivity (Wildman–Crippen MR) is 75.7 cm³/mol. The van der Waals surface area contributed by atoms with Gasteiger partial charge in [0.25, 0.3) is 0 Å². The SMILES string of the molecule is CC(C)=CCN1CC[C@H]2c3cc[c-]cc3CC[C@H]21.[Li+]. The molecule has 19 heavy (non-hydrogen) atoms. The first-order chi connectivity index (χ1) is 8.75. The van der Waals surface area contributed by atoms with Crippen LogP contribution in [0.3, 0.4) is 0 Å². The third-order valence-electron chi connectivity index (χ3n) is 4.49. The van der Waals surface area contributed by atoms with Gasteiger partial charge in [0, 0.05) is 12.6 Å². The summed E-state index contributed by atoms with van der Waals surface area (Å²) in [7, 11) is 0. The Labute approximate surface area is 129 Å². The second kappa shape index (κ2) is 6.31. The van der Waals surface area contributed by atoms with Gasteiger partial charge < -0.3 is 0 Å². The van der Waals surface area contributed by atoms with Crippen LogP contribution in [0, 0.1) is 6.07 Å². The molecule has 0 unspecified atom stereocenters. The van der Waals surface area contributed by atoms with Crippen molar-refractivity contribution in [2.24, 2.45) is 0 Å². The smallest absolute Gasteiger partial charge is 0.296 e. The molecule has 0 radical (unpaired) electrons. The molecule has 1 heterocycles. The van der Waals surface area contributed by atoms with Gasteiger partial charge in [0.2, 0.25) is 0 Å². The minimum absolute atomic E-state index is 0. The Hall–Kier alpha value is -0.483. The van der Waals surface area contributed by atoms with Gasteiger partial charge in [0.1, 0.15) is 0 Å². The second-order valence-electron chi connectivity index (χ2n) is 5.90. The quantitative estimate of drug-likeness (QED) is 0.419. The number of allylic oxidation sites excluding steroid dienone is 1. The van der Waals surface area contributed by atoms with Crippen molar-refractivity contribution in [3.63, 3.8) is 0 Å². The number of rotatable bonds is 2. The van der Waals surface area contributed by atoms with E-state index in [-0.39, 0.29) is 18.9 Å². The molecular formula is C17H22LiN. The molecule has 1 nitrogen and oxygen atoms in total. The molecule has 3 rings (SSSR count). The minimum atomic E-state index is 0. The predicted octanol–water partition coefficient (Wildman–Crippen LogP) is 0.561. The van der Waals surface area contributed by atoms with Crippen LogP contribution in [0.2, 0.25) is 0 Å². The largest absolute Gasteiger partial charge is 1.00 e. The summed E-state index contributed by atoms with van der Waals surface area (Å²) in [5, 5.41) is 0. The van der Waals surface area contributed by atoms with Gasteiger partial charge in [-0.15, -0.1) is 5.56 Å². The zero-order chi connectivity index (χ0) is 12.5. The van der Waals surface area contributed by atoms with Gasteiger partial charge >= 0.3 is 18.9 Å². The van der Waals surface area contributed by atoms with Crippen LogP contribution >= 0.6 is 0 Å². The van der Waals surface area contributed by atoms with E-state index in [2.05, 4.69) is 49.1 Å². The molecule has 0 aromatic heterocycles. The standard InChI is InChI=1S/C17H22N.Li/c1-13(2)9-11-18-12-10-16-15-6-4-3-5-14(15)7-8-17(16)18;/h4-6,9,16-17H,7-8,10-12H2,1-2H3;/q-1;+1/t16-,17+;/m0./s1. The first kappa shape index (κ1) is 14.9. The number of fused-ring (bicyclic) bond motifs is 3. The number of likely N-dealkylation sites (tertiary alicyclic amines) is 1. The second-order valence-corrected chi connectivity index (χ2v) is 5.90. The van der Waals surface area contributed by atoms with E-state index in [1.807, 2.05) is 0 Å². The summed E-state index contributed by atoms with van der Waals surface area (Å²) < 4.78 is 0. The van der Waals surface area contributed by atoms with Crippen LogP contribution < -0.4 is 18.9 Å². The summed E-state index contributed by atoms with van der Waals surface area (Å²) in [5.41, 5.74) is 4.58.